The van der Waals surface area contributed by atoms with Gasteiger partial charge in [0, 0.05) is 28.5 Å². The number of benzene rings is 1. The third-order valence-corrected chi connectivity index (χ3v) is 3.60. The predicted molar refractivity (Wildman–Crippen MR) is 75.3 cm³/mol. The molecule has 0 saturated carbocycles. The van der Waals surface area contributed by atoms with Gasteiger partial charge in [-0.3, -0.25) is 0 Å². The van der Waals surface area contributed by atoms with Crippen molar-refractivity contribution in [3.05, 3.63) is 23.2 Å². The summed E-state index contributed by atoms with van der Waals surface area (Å²) in [6.45, 7) is 1.30. The van der Waals surface area contributed by atoms with Crippen molar-refractivity contribution in [2.75, 3.05) is 38.4 Å². The van der Waals surface area contributed by atoms with Crippen LogP contribution in [0.15, 0.2) is 23.1 Å². The van der Waals surface area contributed by atoms with Crippen LogP contribution in [0, 0.1) is 0 Å². The molecule has 3 N–H and O–H groups in total. The lowest BCUT2D eigenvalue weighted by Gasteiger charge is -2.12. The highest BCUT2D eigenvalue weighted by Crippen LogP contribution is 2.28. The SMILES string of the molecule is COCCOCC(O)CSc1cc(Cl)ccc1N. The van der Waals surface area contributed by atoms with Gasteiger partial charge in [0.1, 0.15) is 0 Å². The van der Waals surface area contributed by atoms with Crippen molar-refractivity contribution >= 4 is 29.1 Å². The van der Waals surface area contributed by atoms with Crippen LogP contribution in [0.5, 0.6) is 0 Å². The number of hydrogen-bond acceptors (Lipinski definition) is 5. The van der Waals surface area contributed by atoms with Crippen LogP contribution < -0.4 is 5.73 Å². The van der Waals surface area contributed by atoms with E-state index >= 15 is 0 Å². The Balaban J connectivity index is 2.29. The zero-order valence-electron chi connectivity index (χ0n) is 10.3. The Kier molecular flexibility index (Phi) is 7.46. The molecule has 1 atom stereocenters. The quantitative estimate of drug-likeness (QED) is 0.436. The zero-order valence-corrected chi connectivity index (χ0v) is 11.8. The van der Waals surface area contributed by atoms with E-state index in [1.54, 1.807) is 25.3 Å². The van der Waals surface area contributed by atoms with Crippen molar-refractivity contribution in [1.29, 1.82) is 0 Å². The van der Waals surface area contributed by atoms with Crippen molar-refractivity contribution in [2.45, 2.75) is 11.0 Å². The average Bonchev–Trinajstić information content (AvgIpc) is 2.36. The smallest absolute Gasteiger partial charge is 0.0867 e. The molecule has 6 heteroatoms. The number of nitrogen functional groups attached to an aromatic ring is 1. The molecule has 102 valence electrons. The van der Waals surface area contributed by atoms with Gasteiger partial charge in [0.15, 0.2) is 0 Å². The van der Waals surface area contributed by atoms with Crippen molar-refractivity contribution in [1.82, 2.24) is 0 Å². The van der Waals surface area contributed by atoms with E-state index in [-0.39, 0.29) is 6.61 Å². The first kappa shape index (κ1) is 15.6. The van der Waals surface area contributed by atoms with Crippen LogP contribution >= 0.6 is 23.4 Å². The summed E-state index contributed by atoms with van der Waals surface area (Å²) in [7, 11) is 1.61. The minimum Gasteiger partial charge on any atom is -0.398 e. The van der Waals surface area contributed by atoms with Crippen molar-refractivity contribution in [3.8, 4) is 0 Å². The molecule has 0 spiro atoms. The van der Waals surface area contributed by atoms with E-state index in [1.807, 2.05) is 0 Å². The van der Waals surface area contributed by atoms with Gasteiger partial charge in [-0.15, -0.1) is 11.8 Å². The first-order chi connectivity index (χ1) is 8.63. The van der Waals surface area contributed by atoms with E-state index in [4.69, 9.17) is 26.8 Å². The number of aliphatic hydroxyl groups excluding tert-OH is 1. The second-order valence-electron chi connectivity index (χ2n) is 3.71. The number of hydrogen-bond donors (Lipinski definition) is 2. The summed E-state index contributed by atoms with van der Waals surface area (Å²) in [6.07, 6.45) is -0.537. The van der Waals surface area contributed by atoms with Gasteiger partial charge in [0.05, 0.1) is 25.9 Å². The van der Waals surface area contributed by atoms with E-state index in [0.29, 0.717) is 29.7 Å². The van der Waals surface area contributed by atoms with Gasteiger partial charge < -0.3 is 20.3 Å². The topological polar surface area (TPSA) is 64.7 Å². The van der Waals surface area contributed by atoms with Gasteiger partial charge >= 0.3 is 0 Å². The highest BCUT2D eigenvalue weighted by atomic mass is 35.5. The largest absolute Gasteiger partial charge is 0.398 e. The molecule has 1 rings (SSSR count). The molecule has 0 amide bonds. The maximum Gasteiger partial charge on any atom is 0.0867 e. The summed E-state index contributed by atoms with van der Waals surface area (Å²) < 4.78 is 10.1. The Morgan fingerprint density at radius 2 is 2.22 bits per heavy atom. The van der Waals surface area contributed by atoms with Crippen LogP contribution in [-0.2, 0) is 9.47 Å². The summed E-state index contributed by atoms with van der Waals surface area (Å²) in [4.78, 5) is 0.874. The molecule has 0 radical (unpaired) electrons. The van der Waals surface area contributed by atoms with Crippen molar-refractivity contribution in [3.63, 3.8) is 0 Å². The minimum atomic E-state index is -0.537. The molecule has 0 fully saturated rings. The monoisotopic (exact) mass is 291 g/mol. The molecule has 0 saturated heterocycles. The van der Waals surface area contributed by atoms with E-state index in [9.17, 15) is 5.11 Å². The third kappa shape index (κ3) is 5.93. The number of thioether (sulfide) groups is 1. The number of rotatable bonds is 8. The number of halogens is 1. The standard InChI is InChI=1S/C12H18ClNO3S/c1-16-4-5-17-7-10(15)8-18-12-6-9(13)2-3-11(12)14/h2-3,6,10,15H,4-5,7-8,14H2,1H3. The van der Waals surface area contributed by atoms with Gasteiger partial charge in [0.2, 0.25) is 0 Å². The van der Waals surface area contributed by atoms with Crippen LogP contribution in [-0.4, -0.2) is 43.9 Å². The second-order valence-corrected chi connectivity index (χ2v) is 5.21. The van der Waals surface area contributed by atoms with Crippen LogP contribution in [0.1, 0.15) is 0 Å². The Morgan fingerprint density at radius 3 is 2.94 bits per heavy atom. The Hall–Kier alpha value is -0.460. The fourth-order valence-electron chi connectivity index (χ4n) is 1.23. The normalized spacial score (nSPS) is 12.6. The molecule has 1 unspecified atom stereocenters. The van der Waals surface area contributed by atoms with Gasteiger partial charge in [-0.05, 0) is 18.2 Å². The number of methoxy groups -OCH3 is 1. The van der Waals surface area contributed by atoms with Crippen LogP contribution in [0.2, 0.25) is 5.02 Å². The lowest BCUT2D eigenvalue weighted by atomic mass is 10.3. The summed E-state index contributed by atoms with van der Waals surface area (Å²) >= 11 is 7.34. The first-order valence-corrected chi connectivity index (χ1v) is 6.92. The zero-order chi connectivity index (χ0) is 13.4. The van der Waals surface area contributed by atoms with Crippen LogP contribution in [0.25, 0.3) is 0 Å². The molecule has 0 aliphatic rings. The maximum absolute atomic E-state index is 9.71. The number of ether oxygens (including phenoxy) is 2. The summed E-state index contributed by atoms with van der Waals surface area (Å²) in [5, 5.41) is 10.3. The van der Waals surface area contributed by atoms with E-state index in [2.05, 4.69) is 0 Å². The lowest BCUT2D eigenvalue weighted by molar-refractivity contribution is 0.0218. The molecule has 1 aromatic carbocycles. The van der Waals surface area contributed by atoms with E-state index < -0.39 is 6.10 Å². The lowest BCUT2D eigenvalue weighted by Crippen LogP contribution is -2.19. The highest BCUT2D eigenvalue weighted by Gasteiger charge is 2.07. The molecule has 18 heavy (non-hydrogen) atoms. The number of nitrogens with two attached hydrogens (primary N) is 1. The maximum atomic E-state index is 9.71. The van der Waals surface area contributed by atoms with Crippen LogP contribution in [0.4, 0.5) is 5.69 Å². The molecular formula is C12H18ClNO3S. The van der Waals surface area contributed by atoms with E-state index in [1.165, 1.54) is 11.8 Å². The Labute approximate surface area is 116 Å². The molecule has 0 heterocycles. The third-order valence-electron chi connectivity index (χ3n) is 2.15. The van der Waals surface area contributed by atoms with Gasteiger partial charge in [-0.25, -0.2) is 0 Å². The number of anilines is 1. The molecule has 0 aromatic heterocycles. The minimum absolute atomic E-state index is 0.289. The van der Waals surface area contributed by atoms with E-state index in [0.717, 1.165) is 4.90 Å². The Morgan fingerprint density at radius 1 is 1.44 bits per heavy atom. The molecular weight excluding hydrogens is 274 g/mol. The van der Waals surface area contributed by atoms with Crippen LogP contribution in [0.3, 0.4) is 0 Å². The summed E-state index contributed by atoms with van der Waals surface area (Å²) in [5.74, 6) is 0.511. The first-order valence-electron chi connectivity index (χ1n) is 5.56. The van der Waals surface area contributed by atoms with Gasteiger partial charge in [0.25, 0.3) is 0 Å². The molecule has 1 aromatic rings. The van der Waals surface area contributed by atoms with Crippen molar-refractivity contribution < 1.29 is 14.6 Å². The van der Waals surface area contributed by atoms with Crippen molar-refractivity contribution in [2.24, 2.45) is 0 Å². The summed E-state index contributed by atoms with van der Waals surface area (Å²) in [6, 6.07) is 5.29. The number of aliphatic hydroxyl groups is 1. The molecule has 0 aliphatic carbocycles. The molecule has 0 aliphatic heterocycles. The fourth-order valence-corrected chi connectivity index (χ4v) is 2.38. The second kappa shape index (κ2) is 8.61. The van der Waals surface area contributed by atoms with Gasteiger partial charge in [-0.2, -0.15) is 0 Å². The predicted octanol–water partition coefficient (Wildman–Crippen LogP) is 2.04. The molecule has 0 bridgehead atoms. The highest BCUT2D eigenvalue weighted by molar-refractivity contribution is 7.99. The van der Waals surface area contributed by atoms with Gasteiger partial charge in [-0.1, -0.05) is 11.6 Å². The Bertz CT molecular complexity index is 365. The summed E-state index contributed by atoms with van der Waals surface area (Å²) in [5.41, 5.74) is 6.47. The molecule has 4 nitrogen and oxygen atoms in total. The fraction of sp³-hybridized carbons (Fsp3) is 0.500. The average molecular weight is 292 g/mol.